The third-order valence-corrected chi connectivity index (χ3v) is 22.2. The molecular formula is C98H116N20O13S3. The average Bonchev–Trinajstić information content (AvgIpc) is 1.69. The summed E-state index contributed by atoms with van der Waals surface area (Å²) in [7, 11) is 23.8. The SMILES string of the molecule is CNc1cc(C(C)=O)n(C)c1.CNc1ccc(C(C)=O)cc1.CNc1ccc2nc(C(C)=O)[nH]c2c1.CNc1ccc2nc(C(C)=O)[nH]c2c1.CNc1ccc2nc(C(C)=O)oc2c1.CNc1ccc2oc(C(C)=O)cc2c1.CNc1ccc2sc(C(C)=O)cc2c1.CNc1cccc(C(C)=O)c1.CNc1cn(C)c(C(C)=O)n1.CNc1csc(C(C)=O)c1.CNc1nc(C(C)=O)cs1. The number of H-pyrrole nitrogens is 2. The highest BCUT2D eigenvalue weighted by Crippen LogP contribution is 2.30. The first-order valence-electron chi connectivity index (χ1n) is 41.7. The Hall–Kier alpha value is -15.6. The van der Waals surface area contributed by atoms with Gasteiger partial charge in [0.2, 0.25) is 5.78 Å². The number of imidazole rings is 3. The minimum atomic E-state index is -0.160. The number of hydrogen-bond acceptors (Lipinski definition) is 32. The fourth-order valence-corrected chi connectivity index (χ4v) is 14.0. The molecule has 0 unspecified atom stereocenters. The zero-order valence-electron chi connectivity index (χ0n) is 79.6. The van der Waals surface area contributed by atoms with Gasteiger partial charge in [-0.15, -0.1) is 34.0 Å². The molecule has 704 valence electrons. The lowest BCUT2D eigenvalue weighted by atomic mass is 10.1. The van der Waals surface area contributed by atoms with E-state index in [1.807, 2.05) is 238 Å². The molecule has 33 nitrogen and oxygen atoms in total. The van der Waals surface area contributed by atoms with Crippen molar-refractivity contribution in [3.05, 3.63) is 248 Å². The van der Waals surface area contributed by atoms with Crippen LogP contribution in [0.1, 0.15) is 190 Å². The highest BCUT2D eigenvalue weighted by atomic mass is 32.1. The Labute approximate surface area is 789 Å². The number of aromatic amines is 2. The number of carbonyl (C=O) groups is 11. The average molecular weight is 1880 g/mol. The molecule has 0 aliphatic heterocycles. The normalized spacial score (nSPS) is 9.97. The molecule has 0 bridgehead atoms. The quantitative estimate of drug-likeness (QED) is 0.0280. The van der Waals surface area contributed by atoms with Crippen LogP contribution in [-0.4, -0.2) is 185 Å². The number of aromatic nitrogens is 9. The second-order valence-corrected chi connectivity index (χ2v) is 32.0. The molecule has 0 fully saturated rings. The van der Waals surface area contributed by atoms with E-state index < -0.39 is 0 Å². The fourth-order valence-electron chi connectivity index (χ4n) is 11.6. The summed E-state index contributed by atoms with van der Waals surface area (Å²) in [5.41, 5.74) is 17.2. The Kier molecular flexibility index (Phi) is 42.3. The number of nitrogens with zero attached hydrogens (tertiary/aromatic N) is 7. The minimum absolute atomic E-state index is 0.0118. The minimum Gasteiger partial charge on any atom is -0.453 e. The number of oxazole rings is 1. The topological polar surface area (TPSA) is 452 Å². The lowest BCUT2D eigenvalue weighted by Gasteiger charge is -2.00. The van der Waals surface area contributed by atoms with E-state index in [1.165, 1.54) is 64.2 Å². The molecule has 0 amide bonds. The largest absolute Gasteiger partial charge is 0.453 e. The van der Waals surface area contributed by atoms with E-state index in [9.17, 15) is 52.7 Å². The van der Waals surface area contributed by atoms with Crippen molar-refractivity contribution in [2.75, 3.05) is 136 Å². The lowest BCUT2D eigenvalue weighted by Crippen LogP contribution is -2.02. The number of fused-ring (bicyclic) bond motifs is 5. The van der Waals surface area contributed by atoms with Crippen LogP contribution in [0.2, 0.25) is 0 Å². The molecule has 16 aromatic rings. The van der Waals surface area contributed by atoms with E-state index in [-0.39, 0.29) is 69.5 Å². The molecular weight excluding hydrogens is 1760 g/mol. The Balaban J connectivity index is 0.000000227. The summed E-state index contributed by atoms with van der Waals surface area (Å²) in [5.74, 6) is 2.84. The molecule has 7 aromatic carbocycles. The summed E-state index contributed by atoms with van der Waals surface area (Å²) in [4.78, 5) is 148. The third kappa shape index (κ3) is 32.8. The van der Waals surface area contributed by atoms with Crippen LogP contribution in [0.3, 0.4) is 0 Å². The molecule has 0 saturated heterocycles. The third-order valence-electron chi connectivity index (χ3n) is 19.0. The summed E-state index contributed by atoms with van der Waals surface area (Å²) in [6.45, 7) is 16.8. The predicted octanol–water partition coefficient (Wildman–Crippen LogP) is 20.7. The van der Waals surface area contributed by atoms with Crippen LogP contribution in [0.5, 0.6) is 0 Å². The Morgan fingerprint density at radius 1 is 0.328 bits per heavy atom. The number of aryl methyl sites for hydroxylation is 2. The van der Waals surface area contributed by atoms with Gasteiger partial charge in [0.05, 0.1) is 43.2 Å². The number of benzene rings is 7. The molecule has 9 aromatic heterocycles. The summed E-state index contributed by atoms with van der Waals surface area (Å²) in [6.07, 6.45) is 3.66. The first-order valence-corrected chi connectivity index (χ1v) is 44.3. The number of anilines is 11. The number of nitrogens with one attached hydrogen (secondary N) is 13. The van der Waals surface area contributed by atoms with E-state index in [4.69, 9.17) is 8.83 Å². The number of hydrogen-bond donors (Lipinski definition) is 13. The highest BCUT2D eigenvalue weighted by Gasteiger charge is 2.15. The number of thiophene rings is 2. The van der Waals surface area contributed by atoms with Gasteiger partial charge in [0, 0.05) is 236 Å². The van der Waals surface area contributed by atoms with Crippen LogP contribution in [0.15, 0.2) is 196 Å². The van der Waals surface area contributed by atoms with Gasteiger partial charge >= 0.3 is 0 Å². The van der Waals surface area contributed by atoms with Crippen LogP contribution in [-0.2, 0) is 14.1 Å². The zero-order chi connectivity index (χ0) is 99.2. The Bertz CT molecular complexity index is 6070. The summed E-state index contributed by atoms with van der Waals surface area (Å²) >= 11 is 4.45. The zero-order valence-corrected chi connectivity index (χ0v) is 82.0. The smallest absolute Gasteiger partial charge is 0.263 e. The van der Waals surface area contributed by atoms with Crippen molar-refractivity contribution in [1.29, 1.82) is 0 Å². The predicted molar refractivity (Wildman–Crippen MR) is 547 cm³/mol. The van der Waals surface area contributed by atoms with Gasteiger partial charge < -0.3 is 86.4 Å². The van der Waals surface area contributed by atoms with Crippen LogP contribution >= 0.6 is 34.0 Å². The molecule has 16 rings (SSSR count). The molecule has 0 atom stereocenters. The van der Waals surface area contributed by atoms with E-state index in [1.54, 1.807) is 89.3 Å². The number of rotatable bonds is 22. The first kappa shape index (κ1) is 107. The van der Waals surface area contributed by atoms with E-state index in [0.29, 0.717) is 40.0 Å². The monoisotopic (exact) mass is 1880 g/mol. The molecule has 36 heteroatoms. The molecule has 0 radical (unpaired) electrons. The maximum atomic E-state index is 11.2. The van der Waals surface area contributed by atoms with Crippen molar-refractivity contribution < 1.29 is 61.6 Å². The lowest BCUT2D eigenvalue weighted by molar-refractivity contribution is 0.0977. The Morgan fingerprint density at radius 3 is 1.25 bits per heavy atom. The van der Waals surface area contributed by atoms with Crippen molar-refractivity contribution in [2.24, 2.45) is 14.1 Å². The molecule has 9 heterocycles. The summed E-state index contributed by atoms with van der Waals surface area (Å²) in [5, 5.41) is 39.3. The van der Waals surface area contributed by atoms with Crippen molar-refractivity contribution in [3.63, 3.8) is 0 Å². The van der Waals surface area contributed by atoms with Gasteiger partial charge in [-0.05, 0) is 179 Å². The van der Waals surface area contributed by atoms with Crippen LogP contribution in [0.25, 0.3) is 54.2 Å². The first-order chi connectivity index (χ1) is 63.8. The second kappa shape index (κ2) is 52.9. The molecule has 0 aliphatic carbocycles. The second-order valence-electron chi connectivity index (χ2n) is 29.1. The number of Topliss-reactive ketones (excluding diaryl/α,β-unsaturated/α-hetero) is 11. The van der Waals surface area contributed by atoms with Gasteiger partial charge in [0.15, 0.2) is 91.8 Å². The highest BCUT2D eigenvalue weighted by molar-refractivity contribution is 7.20. The van der Waals surface area contributed by atoms with Gasteiger partial charge in [-0.2, -0.15) is 0 Å². The van der Waals surface area contributed by atoms with E-state index >= 15 is 0 Å². The number of carbonyl (C=O) groups excluding carboxylic acids is 11. The van der Waals surface area contributed by atoms with Gasteiger partial charge in [-0.3, -0.25) is 52.7 Å². The summed E-state index contributed by atoms with van der Waals surface area (Å²) in [6, 6.07) is 51.0. The molecule has 0 spiro atoms. The van der Waals surface area contributed by atoms with Crippen molar-refractivity contribution in [2.45, 2.75) is 76.2 Å². The molecule has 0 aliphatic rings. The van der Waals surface area contributed by atoms with Crippen LogP contribution in [0, 0.1) is 0 Å². The van der Waals surface area contributed by atoms with Crippen molar-refractivity contribution >= 4 is 214 Å². The van der Waals surface area contributed by atoms with Crippen molar-refractivity contribution in [1.82, 2.24) is 44.0 Å². The van der Waals surface area contributed by atoms with E-state index in [0.717, 1.165) is 132 Å². The maximum Gasteiger partial charge on any atom is 0.263 e. The number of furan rings is 1. The number of ketones is 11. The van der Waals surface area contributed by atoms with E-state index in [2.05, 4.69) is 99.4 Å². The van der Waals surface area contributed by atoms with Crippen LogP contribution < -0.4 is 58.5 Å². The van der Waals surface area contributed by atoms with Gasteiger partial charge in [0.25, 0.3) is 5.89 Å². The molecule has 13 N–H and O–H groups in total. The Morgan fingerprint density at radius 2 is 0.828 bits per heavy atom. The molecule has 0 saturated carbocycles. The molecule has 134 heavy (non-hydrogen) atoms. The van der Waals surface area contributed by atoms with Gasteiger partial charge in [-0.25, -0.2) is 24.9 Å². The summed E-state index contributed by atoms with van der Waals surface area (Å²) < 4.78 is 15.3. The van der Waals surface area contributed by atoms with Gasteiger partial charge in [0.1, 0.15) is 22.6 Å². The van der Waals surface area contributed by atoms with Crippen LogP contribution in [0.4, 0.5) is 62.1 Å². The fraction of sp³-hybridized carbons (Fsp3) is 0.245. The maximum absolute atomic E-state index is 11.2. The standard InChI is InChI=1S/C11H11NO2.C11H11NOS.2C10H11N3O.C10H10N2O2.2C9H11NO.C8H12N2O.C7H11N3O.C7H9NOS.C6H8N2OS/c2*1-7(13)11-6-8-5-9(12-2)3-4-10(8)14-11;2*1-6(14)10-12-8-4-3-7(11-2)5-9(8)13-10;1-6(13)10-12-8-4-3-7(11-2)5-9(8)14-10;1-7(11)8-3-5-9(10-2)6-4-8;1-7(11)8-4-3-5-9(6-8)10-2;1-6(11)8-4-7(9-2)5-10(8)3;1-5(11)7-9-6(8-2)4-10(7)3;1-5(9)7-3-6(8-2)4-10-7;1-4(9)5-3-10-6(7-2)8-5/h2*3-6,12H,1-2H3;2*3-5,11H,1-2H3,(H,12,13);3-5,11H,1-2H3;2*3-6,10H,1-2H3;4-5,9H,1-3H3;4,8H,1-3H3;3-4,8H,1-2H3;3H,1-2H3,(H,7,8). The van der Waals surface area contributed by atoms with Gasteiger partial charge in [-0.1, -0.05) is 12.1 Å². The number of thiazole rings is 1. The van der Waals surface area contributed by atoms with Crippen molar-refractivity contribution in [3.8, 4) is 0 Å².